The molecular formula is C12H22O. The number of hydrogen-bond donors (Lipinski definition) is 0. The van der Waals surface area contributed by atoms with Crippen molar-refractivity contribution in [2.75, 3.05) is 0 Å². The third-order valence-corrected chi connectivity index (χ3v) is 2.51. The van der Waals surface area contributed by atoms with E-state index in [1.807, 2.05) is 0 Å². The fourth-order valence-electron chi connectivity index (χ4n) is 1.26. The van der Waals surface area contributed by atoms with Gasteiger partial charge in [-0.3, -0.25) is 4.79 Å². The highest BCUT2D eigenvalue weighted by atomic mass is 16.1. The maximum absolute atomic E-state index is 10.7. The standard InChI is InChI=1S/C12H22O/c1-4-6-7-8-9-12(10-13)11(3)5-2/h9-11H,4-8H2,1-3H3/b12-9+. The van der Waals surface area contributed by atoms with Crippen molar-refractivity contribution in [2.45, 2.75) is 52.9 Å². The first-order chi connectivity index (χ1) is 6.26. The second-order valence-corrected chi connectivity index (χ2v) is 3.63. The van der Waals surface area contributed by atoms with Gasteiger partial charge in [-0.15, -0.1) is 0 Å². The molecule has 0 radical (unpaired) electrons. The lowest BCUT2D eigenvalue weighted by molar-refractivity contribution is -0.105. The van der Waals surface area contributed by atoms with E-state index in [-0.39, 0.29) is 0 Å². The SMILES string of the molecule is CCCCC/C=C(\C=O)C(C)CC. The quantitative estimate of drug-likeness (QED) is 0.333. The molecule has 0 fully saturated rings. The highest BCUT2D eigenvalue weighted by Crippen LogP contribution is 2.13. The normalized spacial score (nSPS) is 14.2. The number of rotatable bonds is 7. The van der Waals surface area contributed by atoms with Crippen molar-refractivity contribution < 1.29 is 4.79 Å². The Morgan fingerprint density at radius 1 is 1.31 bits per heavy atom. The lowest BCUT2D eigenvalue weighted by atomic mass is 9.98. The van der Waals surface area contributed by atoms with E-state index < -0.39 is 0 Å². The molecule has 0 aliphatic carbocycles. The van der Waals surface area contributed by atoms with E-state index in [4.69, 9.17) is 0 Å². The van der Waals surface area contributed by atoms with Crippen LogP contribution in [0.1, 0.15) is 52.9 Å². The Balaban J connectivity index is 3.85. The maximum Gasteiger partial charge on any atom is 0.145 e. The minimum absolute atomic E-state index is 0.430. The number of carbonyl (C=O) groups excluding carboxylic acids is 1. The summed E-state index contributed by atoms with van der Waals surface area (Å²) in [7, 11) is 0. The predicted molar refractivity (Wildman–Crippen MR) is 57.7 cm³/mol. The Labute approximate surface area is 82.2 Å². The van der Waals surface area contributed by atoms with Crippen molar-refractivity contribution in [1.82, 2.24) is 0 Å². The average molecular weight is 182 g/mol. The molecule has 0 heterocycles. The van der Waals surface area contributed by atoms with Crippen LogP contribution in [-0.2, 0) is 4.79 Å². The summed E-state index contributed by atoms with van der Waals surface area (Å²) in [4.78, 5) is 10.7. The van der Waals surface area contributed by atoms with Crippen LogP contribution >= 0.6 is 0 Å². The van der Waals surface area contributed by atoms with E-state index in [1.165, 1.54) is 19.3 Å². The summed E-state index contributed by atoms with van der Waals surface area (Å²) in [5.41, 5.74) is 0.985. The van der Waals surface area contributed by atoms with Crippen LogP contribution in [0.25, 0.3) is 0 Å². The van der Waals surface area contributed by atoms with Gasteiger partial charge in [0, 0.05) is 0 Å². The Kier molecular flexibility index (Phi) is 7.66. The zero-order valence-electron chi connectivity index (χ0n) is 9.18. The van der Waals surface area contributed by atoms with Crippen molar-refractivity contribution in [3.63, 3.8) is 0 Å². The molecule has 13 heavy (non-hydrogen) atoms. The summed E-state index contributed by atoms with van der Waals surface area (Å²) in [6.07, 6.45) is 8.96. The minimum Gasteiger partial charge on any atom is -0.298 e. The molecule has 0 spiro atoms. The molecule has 1 heteroatoms. The van der Waals surface area contributed by atoms with Crippen molar-refractivity contribution >= 4 is 6.29 Å². The van der Waals surface area contributed by atoms with Gasteiger partial charge in [-0.05, 0) is 30.8 Å². The van der Waals surface area contributed by atoms with Crippen molar-refractivity contribution in [1.29, 1.82) is 0 Å². The van der Waals surface area contributed by atoms with E-state index in [0.717, 1.165) is 24.7 Å². The van der Waals surface area contributed by atoms with Crippen LogP contribution < -0.4 is 0 Å². The summed E-state index contributed by atoms with van der Waals surface area (Å²) < 4.78 is 0. The molecule has 1 unspecified atom stereocenters. The van der Waals surface area contributed by atoms with E-state index in [2.05, 4.69) is 26.8 Å². The molecule has 0 aliphatic heterocycles. The molecule has 0 aliphatic rings. The third-order valence-electron chi connectivity index (χ3n) is 2.51. The second-order valence-electron chi connectivity index (χ2n) is 3.63. The van der Waals surface area contributed by atoms with Crippen LogP contribution in [0.2, 0.25) is 0 Å². The molecule has 0 saturated carbocycles. The smallest absolute Gasteiger partial charge is 0.145 e. The first kappa shape index (κ1) is 12.4. The van der Waals surface area contributed by atoms with Gasteiger partial charge < -0.3 is 0 Å². The van der Waals surface area contributed by atoms with Crippen LogP contribution in [0.15, 0.2) is 11.6 Å². The highest BCUT2D eigenvalue weighted by Gasteiger charge is 2.03. The summed E-state index contributed by atoms with van der Waals surface area (Å²) in [6.45, 7) is 6.42. The van der Waals surface area contributed by atoms with E-state index in [9.17, 15) is 4.79 Å². The number of aldehydes is 1. The molecule has 1 nitrogen and oxygen atoms in total. The Bertz CT molecular complexity index is 159. The van der Waals surface area contributed by atoms with Crippen molar-refractivity contribution in [3.8, 4) is 0 Å². The molecule has 0 aromatic rings. The molecule has 76 valence electrons. The molecule has 0 aromatic heterocycles. The fourth-order valence-corrected chi connectivity index (χ4v) is 1.26. The molecule has 0 amide bonds. The Morgan fingerprint density at radius 2 is 2.00 bits per heavy atom. The molecule has 0 bridgehead atoms. The number of hydrogen-bond acceptors (Lipinski definition) is 1. The summed E-state index contributed by atoms with van der Waals surface area (Å²) in [5.74, 6) is 0.430. The predicted octanol–water partition coefficient (Wildman–Crippen LogP) is 3.74. The van der Waals surface area contributed by atoms with Crippen LogP contribution in [0, 0.1) is 5.92 Å². The van der Waals surface area contributed by atoms with Crippen LogP contribution in [0.5, 0.6) is 0 Å². The lowest BCUT2D eigenvalue weighted by Gasteiger charge is -2.07. The first-order valence-corrected chi connectivity index (χ1v) is 5.41. The van der Waals surface area contributed by atoms with E-state index in [0.29, 0.717) is 5.92 Å². The zero-order chi connectivity index (χ0) is 10.1. The number of unbranched alkanes of at least 4 members (excludes halogenated alkanes) is 3. The van der Waals surface area contributed by atoms with Crippen LogP contribution in [-0.4, -0.2) is 6.29 Å². The monoisotopic (exact) mass is 182 g/mol. The molecule has 0 rings (SSSR count). The van der Waals surface area contributed by atoms with Gasteiger partial charge in [-0.25, -0.2) is 0 Å². The largest absolute Gasteiger partial charge is 0.298 e. The van der Waals surface area contributed by atoms with Gasteiger partial charge in [0.05, 0.1) is 0 Å². The molecule has 0 saturated heterocycles. The summed E-state index contributed by atoms with van der Waals surface area (Å²) in [5, 5.41) is 0. The minimum atomic E-state index is 0.430. The molecule has 0 N–H and O–H groups in total. The number of allylic oxidation sites excluding steroid dienone is 2. The van der Waals surface area contributed by atoms with E-state index >= 15 is 0 Å². The Hall–Kier alpha value is -0.590. The Morgan fingerprint density at radius 3 is 2.46 bits per heavy atom. The first-order valence-electron chi connectivity index (χ1n) is 5.41. The molecule has 1 atom stereocenters. The average Bonchev–Trinajstić information content (AvgIpc) is 2.17. The summed E-state index contributed by atoms with van der Waals surface area (Å²) in [6, 6.07) is 0. The number of carbonyl (C=O) groups is 1. The molecule has 0 aromatic carbocycles. The zero-order valence-corrected chi connectivity index (χ0v) is 9.18. The van der Waals surface area contributed by atoms with Crippen LogP contribution in [0.3, 0.4) is 0 Å². The van der Waals surface area contributed by atoms with Crippen molar-refractivity contribution in [2.24, 2.45) is 5.92 Å². The van der Waals surface area contributed by atoms with Gasteiger partial charge in [-0.1, -0.05) is 39.7 Å². The van der Waals surface area contributed by atoms with Gasteiger partial charge >= 0.3 is 0 Å². The fraction of sp³-hybridized carbons (Fsp3) is 0.750. The van der Waals surface area contributed by atoms with E-state index in [1.54, 1.807) is 0 Å². The van der Waals surface area contributed by atoms with Crippen molar-refractivity contribution in [3.05, 3.63) is 11.6 Å². The van der Waals surface area contributed by atoms with Gasteiger partial charge in [-0.2, -0.15) is 0 Å². The second kappa shape index (κ2) is 8.03. The maximum atomic E-state index is 10.7. The van der Waals surface area contributed by atoms with Gasteiger partial charge in [0.1, 0.15) is 6.29 Å². The molecular weight excluding hydrogens is 160 g/mol. The van der Waals surface area contributed by atoms with Gasteiger partial charge in [0.25, 0.3) is 0 Å². The third kappa shape index (κ3) is 5.62. The van der Waals surface area contributed by atoms with Gasteiger partial charge in [0.2, 0.25) is 0 Å². The lowest BCUT2D eigenvalue weighted by Crippen LogP contribution is -1.98. The van der Waals surface area contributed by atoms with Gasteiger partial charge in [0.15, 0.2) is 0 Å². The van der Waals surface area contributed by atoms with Crippen LogP contribution in [0.4, 0.5) is 0 Å². The topological polar surface area (TPSA) is 17.1 Å². The summed E-state index contributed by atoms with van der Waals surface area (Å²) >= 11 is 0. The highest BCUT2D eigenvalue weighted by molar-refractivity contribution is 5.73.